The molecule has 3 N–H and O–H groups in total. The molecule has 0 radical (unpaired) electrons. The molecule has 2 heterocycles. The number of hydrogen-bond donors (Lipinski definition) is 3. The summed E-state index contributed by atoms with van der Waals surface area (Å²) in [5.74, 6) is 1.99. The smallest absolute Gasteiger partial charge is 0.224 e. The first-order chi connectivity index (χ1) is 13.7. The van der Waals surface area contributed by atoms with Crippen LogP contribution < -0.4 is 10.1 Å². The third kappa shape index (κ3) is 4.07. The van der Waals surface area contributed by atoms with E-state index < -0.39 is 0 Å². The predicted octanol–water partition coefficient (Wildman–Crippen LogP) is 2.29. The fourth-order valence-corrected chi connectivity index (χ4v) is 3.52. The van der Waals surface area contributed by atoms with Gasteiger partial charge in [-0.15, -0.1) is 0 Å². The normalized spacial score (nSPS) is 19.6. The van der Waals surface area contributed by atoms with Crippen LogP contribution in [0.5, 0.6) is 5.75 Å². The maximum absolute atomic E-state index is 9.66. The molecule has 0 unspecified atom stereocenters. The molecule has 1 aliphatic rings. The Morgan fingerprint density at radius 3 is 2.86 bits per heavy atom. The Bertz CT molecular complexity index is 921. The Labute approximate surface area is 163 Å². The Morgan fingerprint density at radius 2 is 2.04 bits per heavy atom. The van der Waals surface area contributed by atoms with Crippen molar-refractivity contribution in [2.45, 2.75) is 44.2 Å². The number of benzene rings is 1. The standard InChI is InChI=1S/C20H25N5O3/c26-11-2-12-28-18-4-1-3-17-16(18)13-22-25(17)19-9-10-21-20(24-19)23-14-5-7-15(27)8-6-14/h1,3-4,9-10,13-15,26-27H,2,5-8,11-12H2,(H,21,23,24)/t14-,15-. The minimum atomic E-state index is -0.186. The van der Waals surface area contributed by atoms with Crippen molar-refractivity contribution in [3.05, 3.63) is 36.7 Å². The van der Waals surface area contributed by atoms with Crippen molar-refractivity contribution in [3.63, 3.8) is 0 Å². The van der Waals surface area contributed by atoms with E-state index in [0.29, 0.717) is 24.8 Å². The second kappa shape index (κ2) is 8.53. The molecular formula is C20H25N5O3. The Hall–Kier alpha value is -2.71. The Morgan fingerprint density at radius 1 is 1.18 bits per heavy atom. The van der Waals surface area contributed by atoms with E-state index in [1.807, 2.05) is 24.3 Å². The van der Waals surface area contributed by atoms with Crippen LogP contribution in [0.4, 0.5) is 5.95 Å². The van der Waals surface area contributed by atoms with Gasteiger partial charge in [-0.25, -0.2) is 9.67 Å². The van der Waals surface area contributed by atoms with E-state index in [-0.39, 0.29) is 18.8 Å². The van der Waals surface area contributed by atoms with Gasteiger partial charge in [0.25, 0.3) is 0 Å². The van der Waals surface area contributed by atoms with Gasteiger partial charge in [-0.2, -0.15) is 10.1 Å². The van der Waals surface area contributed by atoms with Gasteiger partial charge >= 0.3 is 0 Å². The molecule has 2 aromatic heterocycles. The number of aromatic nitrogens is 4. The molecular weight excluding hydrogens is 358 g/mol. The fourth-order valence-electron chi connectivity index (χ4n) is 3.52. The highest BCUT2D eigenvalue weighted by molar-refractivity contribution is 5.86. The van der Waals surface area contributed by atoms with Gasteiger partial charge in [0.2, 0.25) is 5.95 Å². The van der Waals surface area contributed by atoms with Crippen LogP contribution in [0.3, 0.4) is 0 Å². The summed E-state index contributed by atoms with van der Waals surface area (Å²) in [5.41, 5.74) is 0.895. The third-order valence-corrected chi connectivity index (χ3v) is 5.02. The van der Waals surface area contributed by atoms with E-state index in [1.165, 1.54) is 0 Å². The van der Waals surface area contributed by atoms with Gasteiger partial charge in [0.05, 0.1) is 29.8 Å². The summed E-state index contributed by atoms with van der Waals surface area (Å²) < 4.78 is 7.53. The zero-order valence-corrected chi connectivity index (χ0v) is 15.7. The topological polar surface area (TPSA) is 105 Å². The second-order valence-electron chi connectivity index (χ2n) is 7.06. The van der Waals surface area contributed by atoms with Crippen molar-refractivity contribution in [2.75, 3.05) is 18.5 Å². The number of nitrogens with one attached hydrogen (secondary N) is 1. The van der Waals surface area contributed by atoms with Gasteiger partial charge in [0.15, 0.2) is 5.82 Å². The first-order valence-electron chi connectivity index (χ1n) is 9.73. The number of fused-ring (bicyclic) bond motifs is 1. The van der Waals surface area contributed by atoms with E-state index in [4.69, 9.17) is 9.84 Å². The molecule has 1 aliphatic carbocycles. The number of hydrogen-bond acceptors (Lipinski definition) is 7. The van der Waals surface area contributed by atoms with Gasteiger partial charge in [-0.3, -0.25) is 0 Å². The molecule has 148 valence electrons. The average Bonchev–Trinajstić information content (AvgIpc) is 3.15. The Balaban J connectivity index is 1.55. The number of nitrogens with zero attached hydrogens (tertiary/aromatic N) is 4. The average molecular weight is 383 g/mol. The van der Waals surface area contributed by atoms with E-state index in [0.717, 1.165) is 42.3 Å². The lowest BCUT2D eigenvalue weighted by atomic mass is 9.93. The summed E-state index contributed by atoms with van der Waals surface area (Å²) in [7, 11) is 0. The number of aliphatic hydroxyl groups is 2. The van der Waals surface area contributed by atoms with Crippen LogP contribution in [-0.4, -0.2) is 55.3 Å². The number of ether oxygens (including phenoxy) is 1. The number of anilines is 1. The third-order valence-electron chi connectivity index (χ3n) is 5.02. The zero-order chi connectivity index (χ0) is 19.3. The molecule has 4 rings (SSSR count). The SMILES string of the molecule is OCCCOc1cccc2c1cnn2-c1ccnc(N[C@H]2CC[C@H](O)CC2)n1. The summed E-state index contributed by atoms with van der Waals surface area (Å²) in [4.78, 5) is 8.96. The summed E-state index contributed by atoms with van der Waals surface area (Å²) in [6.07, 6.45) is 7.32. The molecule has 0 aliphatic heterocycles. The van der Waals surface area contributed by atoms with Crippen molar-refractivity contribution >= 4 is 16.9 Å². The van der Waals surface area contributed by atoms with Crippen LogP contribution in [0, 0.1) is 0 Å². The fraction of sp³-hybridized carbons (Fsp3) is 0.450. The van der Waals surface area contributed by atoms with Crippen LogP contribution in [0.15, 0.2) is 36.7 Å². The van der Waals surface area contributed by atoms with Crippen molar-refractivity contribution in [3.8, 4) is 11.6 Å². The lowest BCUT2D eigenvalue weighted by molar-refractivity contribution is 0.126. The molecule has 0 spiro atoms. The molecule has 0 amide bonds. The second-order valence-corrected chi connectivity index (χ2v) is 7.06. The van der Waals surface area contributed by atoms with Crippen LogP contribution >= 0.6 is 0 Å². The highest BCUT2D eigenvalue weighted by Gasteiger charge is 2.20. The Kier molecular flexibility index (Phi) is 5.68. The summed E-state index contributed by atoms with van der Waals surface area (Å²) in [6, 6.07) is 7.89. The first-order valence-corrected chi connectivity index (χ1v) is 9.73. The van der Waals surface area contributed by atoms with Gasteiger partial charge in [0.1, 0.15) is 5.75 Å². The summed E-state index contributed by atoms with van der Waals surface area (Å²) >= 11 is 0. The predicted molar refractivity (Wildman–Crippen MR) is 106 cm³/mol. The van der Waals surface area contributed by atoms with Gasteiger partial charge in [0, 0.05) is 31.3 Å². The number of aliphatic hydroxyl groups excluding tert-OH is 2. The van der Waals surface area contributed by atoms with Crippen molar-refractivity contribution in [1.82, 2.24) is 19.7 Å². The van der Waals surface area contributed by atoms with Gasteiger partial charge in [-0.1, -0.05) is 6.07 Å². The molecule has 0 saturated heterocycles. The molecule has 0 bridgehead atoms. The molecule has 8 heteroatoms. The van der Waals surface area contributed by atoms with Crippen molar-refractivity contribution in [1.29, 1.82) is 0 Å². The maximum atomic E-state index is 9.66. The molecule has 0 atom stereocenters. The highest BCUT2D eigenvalue weighted by atomic mass is 16.5. The van der Waals surface area contributed by atoms with Crippen molar-refractivity contribution < 1.29 is 14.9 Å². The quantitative estimate of drug-likeness (QED) is 0.538. The van der Waals surface area contributed by atoms with Crippen LogP contribution in [0.1, 0.15) is 32.1 Å². The number of rotatable bonds is 7. The maximum Gasteiger partial charge on any atom is 0.224 e. The van der Waals surface area contributed by atoms with Gasteiger partial charge in [-0.05, 0) is 37.8 Å². The molecule has 1 fully saturated rings. The monoisotopic (exact) mass is 383 g/mol. The first kappa shape index (κ1) is 18.6. The van der Waals surface area contributed by atoms with Crippen molar-refractivity contribution in [2.24, 2.45) is 0 Å². The zero-order valence-electron chi connectivity index (χ0n) is 15.7. The molecule has 8 nitrogen and oxygen atoms in total. The van der Waals surface area contributed by atoms with Crippen LogP contribution in [0.2, 0.25) is 0 Å². The minimum absolute atomic E-state index is 0.103. The van der Waals surface area contributed by atoms with E-state index in [1.54, 1.807) is 17.1 Å². The highest BCUT2D eigenvalue weighted by Crippen LogP contribution is 2.27. The summed E-state index contributed by atoms with van der Waals surface area (Å²) in [5, 5.41) is 27.4. The largest absolute Gasteiger partial charge is 0.493 e. The van der Waals surface area contributed by atoms with Crippen LogP contribution in [-0.2, 0) is 0 Å². The van der Waals surface area contributed by atoms with Crippen LogP contribution in [0.25, 0.3) is 16.7 Å². The van der Waals surface area contributed by atoms with Gasteiger partial charge < -0.3 is 20.3 Å². The molecule has 28 heavy (non-hydrogen) atoms. The lowest BCUT2D eigenvalue weighted by Gasteiger charge is -2.26. The van der Waals surface area contributed by atoms with E-state index in [9.17, 15) is 5.11 Å². The van der Waals surface area contributed by atoms with E-state index in [2.05, 4.69) is 20.4 Å². The molecule has 1 aromatic carbocycles. The molecule has 1 saturated carbocycles. The minimum Gasteiger partial charge on any atom is -0.493 e. The summed E-state index contributed by atoms with van der Waals surface area (Å²) in [6.45, 7) is 0.560. The van der Waals surface area contributed by atoms with E-state index >= 15 is 0 Å². The lowest BCUT2D eigenvalue weighted by Crippen LogP contribution is -2.29. The molecule has 3 aromatic rings.